The van der Waals surface area contributed by atoms with Crippen molar-refractivity contribution in [3.63, 3.8) is 0 Å². The number of carbonyl (C=O) groups is 1. The number of piperidine rings is 1. The van der Waals surface area contributed by atoms with Crippen LogP contribution in [0, 0.1) is 0 Å². The minimum atomic E-state index is 0.0443. The summed E-state index contributed by atoms with van der Waals surface area (Å²) in [5, 5.41) is 4.93. The highest BCUT2D eigenvalue weighted by molar-refractivity contribution is 7.98. The second-order valence-corrected chi connectivity index (χ2v) is 6.44. The third kappa shape index (κ3) is 3.90. The van der Waals surface area contributed by atoms with E-state index in [-0.39, 0.29) is 11.9 Å². The maximum atomic E-state index is 12.8. The summed E-state index contributed by atoms with van der Waals surface area (Å²) in [5.74, 6) is 0.0443. The molecule has 0 unspecified atom stereocenters. The second kappa shape index (κ2) is 7.59. The smallest absolute Gasteiger partial charge is 0.257 e. The zero-order chi connectivity index (χ0) is 16.1. The van der Waals surface area contributed by atoms with E-state index in [0.29, 0.717) is 10.7 Å². The van der Waals surface area contributed by atoms with E-state index in [4.69, 9.17) is 0 Å². The molecule has 7 heteroatoms. The summed E-state index contributed by atoms with van der Waals surface area (Å²) in [7, 11) is 0. The van der Waals surface area contributed by atoms with Gasteiger partial charge in [-0.25, -0.2) is 9.97 Å². The Balaban J connectivity index is 1.67. The average Bonchev–Trinajstić information content (AvgIpc) is 3.13. The predicted molar refractivity (Wildman–Crippen MR) is 89.3 cm³/mol. The molecule has 6 nitrogen and oxygen atoms in total. The summed E-state index contributed by atoms with van der Waals surface area (Å²) < 4.78 is 1.92. The zero-order valence-electron chi connectivity index (χ0n) is 13.3. The van der Waals surface area contributed by atoms with Crippen molar-refractivity contribution in [1.82, 2.24) is 24.6 Å². The average molecular weight is 331 g/mol. The van der Waals surface area contributed by atoms with Crippen molar-refractivity contribution in [1.29, 1.82) is 0 Å². The molecule has 23 heavy (non-hydrogen) atoms. The first-order valence-corrected chi connectivity index (χ1v) is 9.15. The lowest BCUT2D eigenvalue weighted by Gasteiger charge is -2.35. The highest BCUT2D eigenvalue weighted by atomic mass is 32.2. The van der Waals surface area contributed by atoms with E-state index < -0.39 is 0 Å². The zero-order valence-corrected chi connectivity index (χ0v) is 14.1. The molecule has 1 fully saturated rings. The number of likely N-dealkylation sites (tertiary alicyclic amines) is 1. The van der Waals surface area contributed by atoms with Crippen LogP contribution in [0.2, 0.25) is 0 Å². The number of carbonyl (C=O) groups excluding carboxylic acids is 1. The number of amides is 1. The fourth-order valence-corrected chi connectivity index (χ4v) is 3.30. The molecule has 0 N–H and O–H groups in total. The van der Waals surface area contributed by atoms with Crippen LogP contribution in [0.5, 0.6) is 0 Å². The quantitative estimate of drug-likeness (QED) is 0.622. The van der Waals surface area contributed by atoms with Crippen molar-refractivity contribution >= 4 is 17.7 Å². The molecule has 2 aromatic heterocycles. The molecule has 0 spiro atoms. The molecule has 2 aromatic rings. The number of aryl methyl sites for hydroxylation is 1. The van der Waals surface area contributed by atoms with Gasteiger partial charge in [0.25, 0.3) is 5.91 Å². The molecule has 0 radical (unpaired) electrons. The van der Waals surface area contributed by atoms with Gasteiger partial charge in [0.15, 0.2) is 5.16 Å². The number of rotatable bonds is 5. The van der Waals surface area contributed by atoms with Crippen LogP contribution in [0.3, 0.4) is 0 Å². The molecule has 1 amide bonds. The maximum absolute atomic E-state index is 12.8. The number of hydrogen-bond donors (Lipinski definition) is 0. The predicted octanol–water partition coefficient (Wildman–Crippen LogP) is 2.48. The number of thioether (sulfide) groups is 1. The van der Waals surface area contributed by atoms with Gasteiger partial charge in [0.2, 0.25) is 0 Å². The van der Waals surface area contributed by atoms with Gasteiger partial charge in [-0.15, -0.1) is 0 Å². The first-order chi connectivity index (χ1) is 11.3. The van der Waals surface area contributed by atoms with Gasteiger partial charge in [-0.1, -0.05) is 11.8 Å². The summed E-state index contributed by atoms with van der Waals surface area (Å²) >= 11 is 1.48. The molecule has 3 rings (SSSR count). The first-order valence-electron chi connectivity index (χ1n) is 7.92. The Morgan fingerprint density at radius 1 is 1.35 bits per heavy atom. The molecule has 122 valence electrons. The molecule has 0 saturated carbocycles. The monoisotopic (exact) mass is 331 g/mol. The van der Waals surface area contributed by atoms with E-state index in [1.807, 2.05) is 28.1 Å². The molecule has 3 heterocycles. The third-order valence-electron chi connectivity index (χ3n) is 4.20. The maximum Gasteiger partial charge on any atom is 0.257 e. The normalized spacial score (nSPS) is 18.1. The standard InChI is InChI=1S/C16H21N5OS/c1-23-16-17-11-13(12-18-16)15(22)21-9-3-2-5-14(21)6-10-20-8-4-7-19-20/h4,7-8,11-12,14H,2-3,5-6,9-10H2,1H3/t14-/m0/s1. The third-order valence-corrected chi connectivity index (χ3v) is 4.77. The molecule has 1 atom stereocenters. The van der Waals surface area contributed by atoms with Crippen LogP contribution in [0.1, 0.15) is 36.0 Å². The van der Waals surface area contributed by atoms with Crippen molar-refractivity contribution in [2.45, 2.75) is 43.4 Å². The molecule has 0 aromatic carbocycles. The van der Waals surface area contributed by atoms with Crippen LogP contribution in [-0.2, 0) is 6.54 Å². The summed E-state index contributed by atoms with van der Waals surface area (Å²) in [4.78, 5) is 23.2. The van der Waals surface area contributed by atoms with Crippen LogP contribution >= 0.6 is 11.8 Å². The molecule has 0 bridgehead atoms. The van der Waals surface area contributed by atoms with Gasteiger partial charge in [0.1, 0.15) is 0 Å². The largest absolute Gasteiger partial charge is 0.336 e. The fourth-order valence-electron chi connectivity index (χ4n) is 2.98. The highest BCUT2D eigenvalue weighted by Gasteiger charge is 2.27. The van der Waals surface area contributed by atoms with Crippen molar-refractivity contribution in [3.8, 4) is 0 Å². The minimum Gasteiger partial charge on any atom is -0.336 e. The minimum absolute atomic E-state index is 0.0443. The van der Waals surface area contributed by atoms with Gasteiger partial charge >= 0.3 is 0 Å². The Bertz CT molecular complexity index is 628. The van der Waals surface area contributed by atoms with Crippen LogP contribution in [0.25, 0.3) is 0 Å². The Morgan fingerprint density at radius 3 is 2.87 bits per heavy atom. The molecular weight excluding hydrogens is 310 g/mol. The molecule has 1 aliphatic rings. The first kappa shape index (κ1) is 16.0. The van der Waals surface area contributed by atoms with Gasteiger partial charge < -0.3 is 4.90 Å². The fraction of sp³-hybridized carbons (Fsp3) is 0.500. The van der Waals surface area contributed by atoms with Crippen molar-refractivity contribution < 1.29 is 4.79 Å². The van der Waals surface area contributed by atoms with Crippen LogP contribution in [-0.4, -0.2) is 49.4 Å². The Kier molecular flexibility index (Phi) is 5.27. The molecule has 1 saturated heterocycles. The van der Waals surface area contributed by atoms with Gasteiger partial charge in [0.05, 0.1) is 5.56 Å². The van der Waals surface area contributed by atoms with Crippen LogP contribution < -0.4 is 0 Å². The Morgan fingerprint density at radius 2 is 2.17 bits per heavy atom. The van der Waals surface area contributed by atoms with E-state index in [1.165, 1.54) is 18.2 Å². The summed E-state index contributed by atoms with van der Waals surface area (Å²) in [6.45, 7) is 1.65. The van der Waals surface area contributed by atoms with Gasteiger partial charge in [-0.2, -0.15) is 5.10 Å². The summed E-state index contributed by atoms with van der Waals surface area (Å²) in [6, 6.07) is 2.19. The lowest BCUT2D eigenvalue weighted by atomic mass is 9.98. The van der Waals surface area contributed by atoms with E-state index in [9.17, 15) is 4.79 Å². The molecule has 1 aliphatic heterocycles. The Labute approximate surface area is 140 Å². The van der Waals surface area contributed by atoms with Crippen LogP contribution in [0.15, 0.2) is 36.0 Å². The van der Waals surface area contributed by atoms with E-state index in [1.54, 1.807) is 18.6 Å². The van der Waals surface area contributed by atoms with Crippen molar-refractivity contribution in [2.24, 2.45) is 0 Å². The topological polar surface area (TPSA) is 63.9 Å². The molecular formula is C16H21N5OS. The summed E-state index contributed by atoms with van der Waals surface area (Å²) in [6.07, 6.45) is 13.2. The van der Waals surface area contributed by atoms with Crippen molar-refractivity contribution in [2.75, 3.05) is 12.8 Å². The molecule has 0 aliphatic carbocycles. The second-order valence-electron chi connectivity index (χ2n) is 5.66. The van der Waals surface area contributed by atoms with Gasteiger partial charge in [-0.05, 0) is 38.0 Å². The highest BCUT2D eigenvalue weighted by Crippen LogP contribution is 2.22. The van der Waals surface area contributed by atoms with E-state index in [0.717, 1.165) is 32.4 Å². The Hall–Kier alpha value is -1.89. The van der Waals surface area contributed by atoms with Gasteiger partial charge in [-0.3, -0.25) is 9.48 Å². The van der Waals surface area contributed by atoms with Crippen LogP contribution in [0.4, 0.5) is 0 Å². The number of nitrogens with zero attached hydrogens (tertiary/aromatic N) is 5. The number of hydrogen-bond acceptors (Lipinski definition) is 5. The van der Waals surface area contributed by atoms with E-state index in [2.05, 4.69) is 15.1 Å². The lowest BCUT2D eigenvalue weighted by Crippen LogP contribution is -2.44. The SMILES string of the molecule is CSc1ncc(C(=O)N2CCCC[C@H]2CCn2cccn2)cn1. The summed E-state index contributed by atoms with van der Waals surface area (Å²) in [5.41, 5.74) is 0.578. The van der Waals surface area contributed by atoms with Crippen molar-refractivity contribution in [3.05, 3.63) is 36.4 Å². The number of aromatic nitrogens is 4. The van der Waals surface area contributed by atoms with E-state index >= 15 is 0 Å². The van der Waals surface area contributed by atoms with Gasteiger partial charge in [0, 0.05) is 43.9 Å². The lowest BCUT2D eigenvalue weighted by molar-refractivity contribution is 0.0593.